The molecular weight excluding hydrogens is 220 g/mol. The van der Waals surface area contributed by atoms with Gasteiger partial charge >= 0.3 is 0 Å². The molecule has 2 aliphatic carbocycles. The van der Waals surface area contributed by atoms with Crippen molar-refractivity contribution in [3.05, 3.63) is 0 Å². The number of nitrogens with zero attached hydrogens (tertiary/aromatic N) is 2. The highest BCUT2D eigenvalue weighted by Crippen LogP contribution is 2.31. The summed E-state index contributed by atoms with van der Waals surface area (Å²) >= 11 is 0. The highest BCUT2D eigenvalue weighted by molar-refractivity contribution is 4.84. The summed E-state index contributed by atoms with van der Waals surface area (Å²) < 4.78 is 0. The van der Waals surface area contributed by atoms with Crippen molar-refractivity contribution in [3.63, 3.8) is 0 Å². The first kappa shape index (κ1) is 14.3. The lowest BCUT2D eigenvalue weighted by atomic mass is 9.86. The molecule has 18 heavy (non-hydrogen) atoms. The average molecular weight is 252 g/mol. The van der Waals surface area contributed by atoms with Crippen LogP contribution in [0.25, 0.3) is 0 Å². The smallest absolute Gasteiger partial charge is 0.0113 e. The second-order valence-electron chi connectivity index (χ2n) is 6.69. The zero-order valence-electron chi connectivity index (χ0n) is 11.4. The average Bonchev–Trinajstić information content (AvgIpc) is 3.15. The van der Waals surface area contributed by atoms with Gasteiger partial charge in [0.1, 0.15) is 0 Å². The lowest BCUT2D eigenvalue weighted by Gasteiger charge is -2.41. The van der Waals surface area contributed by atoms with Crippen molar-refractivity contribution in [2.24, 2.45) is 11.8 Å². The van der Waals surface area contributed by atoms with Gasteiger partial charge in [-0.05, 0) is 50.4 Å². The van der Waals surface area contributed by atoms with Gasteiger partial charge in [-0.1, -0.05) is 14.4 Å². The Balaban J connectivity index is 0.00000120. The van der Waals surface area contributed by atoms with E-state index in [1.807, 2.05) is 0 Å². The maximum Gasteiger partial charge on any atom is 0.0113 e. The lowest BCUT2D eigenvalue weighted by molar-refractivity contribution is 0.0701. The van der Waals surface area contributed by atoms with Crippen LogP contribution >= 0.6 is 0 Å². The minimum atomic E-state index is 0. The molecule has 0 atom stereocenters. The SMILES string of the molecule is C.CC1CCC(N2CCN(CC3CC3)CC2)CC1. The summed E-state index contributed by atoms with van der Waals surface area (Å²) in [7, 11) is 0. The molecule has 0 N–H and O–H groups in total. The van der Waals surface area contributed by atoms with Crippen LogP contribution in [0.2, 0.25) is 0 Å². The van der Waals surface area contributed by atoms with Gasteiger partial charge < -0.3 is 4.90 Å². The molecule has 1 saturated heterocycles. The van der Waals surface area contributed by atoms with E-state index >= 15 is 0 Å². The number of rotatable bonds is 3. The maximum absolute atomic E-state index is 2.79. The Morgan fingerprint density at radius 2 is 1.44 bits per heavy atom. The molecule has 0 aromatic heterocycles. The van der Waals surface area contributed by atoms with Gasteiger partial charge in [0.15, 0.2) is 0 Å². The molecule has 3 fully saturated rings. The zero-order chi connectivity index (χ0) is 11.7. The zero-order valence-corrected chi connectivity index (χ0v) is 11.4. The third-order valence-electron chi connectivity index (χ3n) is 5.12. The molecule has 106 valence electrons. The van der Waals surface area contributed by atoms with E-state index in [0.717, 1.165) is 17.9 Å². The molecule has 2 heteroatoms. The lowest BCUT2D eigenvalue weighted by Crippen LogP contribution is -2.51. The number of piperazine rings is 1. The van der Waals surface area contributed by atoms with Crippen LogP contribution in [-0.2, 0) is 0 Å². The largest absolute Gasteiger partial charge is 0.301 e. The third kappa shape index (κ3) is 3.71. The molecule has 0 radical (unpaired) electrons. The predicted molar refractivity (Wildman–Crippen MR) is 78.9 cm³/mol. The minimum Gasteiger partial charge on any atom is -0.301 e. The molecule has 0 aromatic carbocycles. The van der Waals surface area contributed by atoms with Gasteiger partial charge in [0.05, 0.1) is 0 Å². The molecule has 0 spiro atoms. The van der Waals surface area contributed by atoms with Crippen molar-refractivity contribution in [1.82, 2.24) is 9.80 Å². The van der Waals surface area contributed by atoms with Crippen molar-refractivity contribution in [2.45, 2.75) is 58.9 Å². The highest BCUT2D eigenvalue weighted by Gasteiger charge is 2.29. The topological polar surface area (TPSA) is 6.48 Å². The Kier molecular flexibility index (Phi) is 5.08. The van der Waals surface area contributed by atoms with Crippen molar-refractivity contribution < 1.29 is 0 Å². The van der Waals surface area contributed by atoms with E-state index in [4.69, 9.17) is 0 Å². The molecule has 0 amide bonds. The van der Waals surface area contributed by atoms with Crippen LogP contribution in [0.15, 0.2) is 0 Å². The molecule has 0 bridgehead atoms. The summed E-state index contributed by atoms with van der Waals surface area (Å²) in [4.78, 5) is 5.49. The second-order valence-corrected chi connectivity index (χ2v) is 6.69. The van der Waals surface area contributed by atoms with E-state index in [-0.39, 0.29) is 7.43 Å². The molecule has 2 saturated carbocycles. The normalized spacial score (nSPS) is 35.2. The predicted octanol–water partition coefficient (Wildman–Crippen LogP) is 3.23. The quantitative estimate of drug-likeness (QED) is 0.761. The van der Waals surface area contributed by atoms with Crippen LogP contribution in [0.3, 0.4) is 0 Å². The Hall–Kier alpha value is -0.0800. The molecule has 0 aromatic rings. The molecule has 1 heterocycles. The number of hydrogen-bond donors (Lipinski definition) is 0. The summed E-state index contributed by atoms with van der Waals surface area (Å²) in [6.45, 7) is 9.17. The van der Waals surface area contributed by atoms with Crippen molar-refractivity contribution in [2.75, 3.05) is 32.7 Å². The van der Waals surface area contributed by atoms with E-state index in [1.165, 1.54) is 71.2 Å². The van der Waals surface area contributed by atoms with Crippen LogP contribution in [-0.4, -0.2) is 48.6 Å². The summed E-state index contributed by atoms with van der Waals surface area (Å²) in [5.74, 6) is 2.06. The van der Waals surface area contributed by atoms with Gasteiger partial charge in [-0.15, -0.1) is 0 Å². The van der Waals surface area contributed by atoms with Crippen LogP contribution in [0, 0.1) is 11.8 Å². The van der Waals surface area contributed by atoms with Crippen molar-refractivity contribution >= 4 is 0 Å². The van der Waals surface area contributed by atoms with Crippen LogP contribution in [0.4, 0.5) is 0 Å². The van der Waals surface area contributed by atoms with E-state index in [9.17, 15) is 0 Å². The van der Waals surface area contributed by atoms with Crippen LogP contribution < -0.4 is 0 Å². The summed E-state index contributed by atoms with van der Waals surface area (Å²) in [6, 6.07) is 0.925. The van der Waals surface area contributed by atoms with E-state index in [1.54, 1.807) is 0 Å². The first-order valence-corrected chi connectivity index (χ1v) is 7.77. The maximum atomic E-state index is 2.79. The van der Waals surface area contributed by atoms with E-state index in [0.29, 0.717) is 0 Å². The van der Waals surface area contributed by atoms with Gasteiger partial charge in [-0.3, -0.25) is 4.90 Å². The fraction of sp³-hybridized carbons (Fsp3) is 1.00. The minimum absolute atomic E-state index is 0. The number of hydrogen-bond acceptors (Lipinski definition) is 2. The Morgan fingerprint density at radius 1 is 0.833 bits per heavy atom. The Bertz CT molecular complexity index is 233. The molecule has 1 aliphatic heterocycles. The molecule has 0 unspecified atom stereocenters. The molecular formula is C16H32N2. The monoisotopic (exact) mass is 252 g/mol. The summed E-state index contributed by atoms with van der Waals surface area (Å²) in [5, 5.41) is 0. The summed E-state index contributed by atoms with van der Waals surface area (Å²) in [6.07, 6.45) is 8.86. The molecule has 3 aliphatic rings. The standard InChI is InChI=1S/C15H28N2.CH4/c1-13-2-6-15(7-3-13)17-10-8-16(9-11-17)12-14-4-5-14;/h13-15H,2-12H2,1H3;1H4. The van der Waals surface area contributed by atoms with Crippen LogP contribution in [0.5, 0.6) is 0 Å². The molecule has 2 nitrogen and oxygen atoms in total. The fourth-order valence-corrected chi connectivity index (χ4v) is 3.58. The van der Waals surface area contributed by atoms with Gasteiger partial charge in [0.2, 0.25) is 0 Å². The van der Waals surface area contributed by atoms with Crippen molar-refractivity contribution in [1.29, 1.82) is 0 Å². The van der Waals surface area contributed by atoms with Gasteiger partial charge in [-0.25, -0.2) is 0 Å². The fourth-order valence-electron chi connectivity index (χ4n) is 3.58. The third-order valence-corrected chi connectivity index (χ3v) is 5.12. The molecule has 3 rings (SSSR count). The Labute approximate surface area is 114 Å². The van der Waals surface area contributed by atoms with E-state index in [2.05, 4.69) is 16.7 Å². The first-order chi connectivity index (χ1) is 8.31. The van der Waals surface area contributed by atoms with Gasteiger partial charge in [0.25, 0.3) is 0 Å². The first-order valence-electron chi connectivity index (χ1n) is 7.77. The van der Waals surface area contributed by atoms with Crippen LogP contribution in [0.1, 0.15) is 52.9 Å². The highest BCUT2D eigenvalue weighted by atomic mass is 15.3. The summed E-state index contributed by atoms with van der Waals surface area (Å²) in [5.41, 5.74) is 0. The second kappa shape index (κ2) is 6.38. The van der Waals surface area contributed by atoms with Gasteiger partial charge in [0, 0.05) is 38.8 Å². The van der Waals surface area contributed by atoms with E-state index < -0.39 is 0 Å². The Morgan fingerprint density at radius 3 is 2.00 bits per heavy atom. The van der Waals surface area contributed by atoms with Crippen molar-refractivity contribution in [3.8, 4) is 0 Å². The van der Waals surface area contributed by atoms with Gasteiger partial charge in [-0.2, -0.15) is 0 Å².